The molecule has 2 aliphatic heterocycles. The molecule has 2 saturated heterocycles. The summed E-state index contributed by atoms with van der Waals surface area (Å²) >= 11 is 1.85. The van der Waals surface area contributed by atoms with E-state index < -0.39 is 36.1 Å². The Morgan fingerprint density at radius 3 is 2.44 bits per heavy atom. The summed E-state index contributed by atoms with van der Waals surface area (Å²) in [6.07, 6.45) is 8.05. The van der Waals surface area contributed by atoms with Crippen molar-refractivity contribution in [3.63, 3.8) is 0 Å². The highest BCUT2D eigenvalue weighted by atomic mass is 32.2. The fraction of sp³-hybridized carbons (Fsp3) is 0.757. The molecule has 1 aliphatic carbocycles. The first-order valence-corrected chi connectivity index (χ1v) is 19.8. The fourth-order valence-corrected chi connectivity index (χ4v) is 9.21. The molecular formula is C37H60N6O6S. The van der Waals surface area contributed by atoms with Gasteiger partial charge >= 0.3 is 6.03 Å². The Balaban J connectivity index is 1.37. The lowest BCUT2D eigenvalue weighted by atomic mass is 9.79. The number of nitrogens with one attached hydrogen (secondary N) is 5. The zero-order valence-corrected chi connectivity index (χ0v) is 31.1. The Morgan fingerprint density at radius 2 is 1.76 bits per heavy atom. The van der Waals surface area contributed by atoms with Crippen LogP contribution < -0.4 is 26.6 Å². The molecule has 0 bridgehead atoms. The first-order chi connectivity index (χ1) is 24.0. The van der Waals surface area contributed by atoms with Crippen LogP contribution in [0, 0.1) is 23.7 Å². The third-order valence-corrected chi connectivity index (χ3v) is 12.4. The molecule has 3 heterocycles. The molecule has 50 heavy (non-hydrogen) atoms. The maximum absolute atomic E-state index is 13.9. The smallest absolute Gasteiger partial charge is 0.315 e. The van der Waals surface area contributed by atoms with Gasteiger partial charge in [0.05, 0.1) is 42.4 Å². The van der Waals surface area contributed by atoms with Gasteiger partial charge in [-0.15, -0.1) is 0 Å². The van der Waals surface area contributed by atoms with Gasteiger partial charge in [0.1, 0.15) is 12.1 Å². The number of fused-ring (bicyclic) bond motifs is 1. The average molecular weight is 717 g/mol. The Labute approximate surface area is 301 Å². The van der Waals surface area contributed by atoms with E-state index in [1.165, 1.54) is 6.42 Å². The van der Waals surface area contributed by atoms with Crippen LogP contribution in [0.1, 0.15) is 104 Å². The number of pyridine rings is 1. The molecule has 1 saturated carbocycles. The number of aliphatic hydroxyl groups excluding tert-OH is 2. The number of nitrogens with zero attached hydrogens (tertiary/aromatic N) is 1. The Morgan fingerprint density at radius 1 is 1.00 bits per heavy atom. The van der Waals surface area contributed by atoms with Crippen molar-refractivity contribution in [3.05, 3.63) is 30.1 Å². The number of carbonyl (C=O) groups excluding carboxylic acids is 4. The van der Waals surface area contributed by atoms with Crippen LogP contribution in [0.2, 0.25) is 0 Å². The highest BCUT2D eigenvalue weighted by molar-refractivity contribution is 8.00. The maximum Gasteiger partial charge on any atom is 0.315 e. The van der Waals surface area contributed by atoms with E-state index in [-0.39, 0.29) is 48.3 Å². The van der Waals surface area contributed by atoms with E-state index in [4.69, 9.17) is 0 Å². The molecule has 0 spiro atoms. The van der Waals surface area contributed by atoms with Gasteiger partial charge in [-0.25, -0.2) is 4.79 Å². The average Bonchev–Trinajstić information content (AvgIpc) is 3.66. The number of rotatable bonds is 19. The molecule has 0 radical (unpaired) electrons. The van der Waals surface area contributed by atoms with E-state index >= 15 is 0 Å². The second kappa shape index (κ2) is 19.6. The number of thioether (sulfide) groups is 1. The van der Waals surface area contributed by atoms with Crippen molar-refractivity contribution in [2.75, 3.05) is 5.75 Å². The van der Waals surface area contributed by atoms with Crippen LogP contribution in [0.5, 0.6) is 0 Å². The van der Waals surface area contributed by atoms with Crippen molar-refractivity contribution < 1.29 is 29.4 Å². The zero-order valence-electron chi connectivity index (χ0n) is 30.2. The van der Waals surface area contributed by atoms with Gasteiger partial charge in [-0.05, 0) is 49.1 Å². The van der Waals surface area contributed by atoms with Crippen molar-refractivity contribution in [1.82, 2.24) is 31.6 Å². The molecule has 1 aromatic heterocycles. The Hall–Kier alpha value is -2.90. The van der Waals surface area contributed by atoms with Gasteiger partial charge in [0.2, 0.25) is 17.7 Å². The molecule has 13 heteroatoms. The van der Waals surface area contributed by atoms with Crippen molar-refractivity contribution in [2.45, 2.75) is 146 Å². The number of hydrogen-bond donors (Lipinski definition) is 7. The predicted octanol–water partition coefficient (Wildman–Crippen LogP) is 3.40. The van der Waals surface area contributed by atoms with Gasteiger partial charge in [-0.1, -0.05) is 78.7 Å². The summed E-state index contributed by atoms with van der Waals surface area (Å²) < 4.78 is 0. The largest absolute Gasteiger partial charge is 0.390 e. The van der Waals surface area contributed by atoms with Crippen LogP contribution >= 0.6 is 11.8 Å². The van der Waals surface area contributed by atoms with Crippen LogP contribution in [-0.2, 0) is 20.9 Å². The topological polar surface area (TPSA) is 182 Å². The minimum Gasteiger partial charge on any atom is -0.390 e. The number of hydrogen-bond acceptors (Lipinski definition) is 8. The van der Waals surface area contributed by atoms with Crippen molar-refractivity contribution in [2.24, 2.45) is 23.7 Å². The number of aromatic nitrogens is 1. The van der Waals surface area contributed by atoms with Crippen LogP contribution in [0.4, 0.5) is 4.79 Å². The van der Waals surface area contributed by atoms with Gasteiger partial charge < -0.3 is 36.8 Å². The molecule has 12 nitrogen and oxygen atoms in total. The molecule has 0 aromatic carbocycles. The van der Waals surface area contributed by atoms with Gasteiger partial charge in [0, 0.05) is 23.6 Å². The summed E-state index contributed by atoms with van der Waals surface area (Å²) in [4.78, 5) is 56.4. The normalized spacial score (nSPS) is 24.2. The summed E-state index contributed by atoms with van der Waals surface area (Å²) in [7, 11) is 0. The van der Waals surface area contributed by atoms with E-state index in [2.05, 4.69) is 31.6 Å². The summed E-state index contributed by atoms with van der Waals surface area (Å²) in [6.45, 7) is 7.68. The van der Waals surface area contributed by atoms with Gasteiger partial charge in [-0.3, -0.25) is 19.4 Å². The number of aliphatic hydroxyl groups is 2. The number of carbonyl (C=O) groups is 4. The molecule has 1 aromatic rings. The highest BCUT2D eigenvalue weighted by Gasteiger charge is 2.43. The van der Waals surface area contributed by atoms with E-state index in [1.807, 2.05) is 51.6 Å². The summed E-state index contributed by atoms with van der Waals surface area (Å²) in [6, 6.07) is 4.09. The summed E-state index contributed by atoms with van der Waals surface area (Å²) in [5.74, 6) is -1.37. The van der Waals surface area contributed by atoms with Gasteiger partial charge in [0.25, 0.3) is 0 Å². The minimum atomic E-state index is -1.46. The van der Waals surface area contributed by atoms with Crippen LogP contribution in [-0.4, -0.2) is 86.3 Å². The Bertz CT molecular complexity index is 1250. The summed E-state index contributed by atoms with van der Waals surface area (Å²) in [5.41, 5.74) is 0.697. The quantitative estimate of drug-likeness (QED) is 0.0840. The van der Waals surface area contributed by atoms with E-state index in [9.17, 15) is 29.4 Å². The molecule has 5 amide bonds. The minimum absolute atomic E-state index is 0.107. The molecule has 3 unspecified atom stereocenters. The Kier molecular flexibility index (Phi) is 15.7. The predicted molar refractivity (Wildman–Crippen MR) is 195 cm³/mol. The van der Waals surface area contributed by atoms with Crippen molar-refractivity contribution in [1.29, 1.82) is 0 Å². The van der Waals surface area contributed by atoms with Crippen LogP contribution in [0.25, 0.3) is 0 Å². The van der Waals surface area contributed by atoms with Gasteiger partial charge in [0.15, 0.2) is 0 Å². The lowest BCUT2D eigenvalue weighted by molar-refractivity contribution is -0.140. The highest BCUT2D eigenvalue weighted by Crippen LogP contribution is 2.33. The van der Waals surface area contributed by atoms with E-state index in [0.29, 0.717) is 42.5 Å². The number of unbranched alkanes of at least 4 members (excludes halogenated alkanes) is 1. The maximum atomic E-state index is 13.9. The third kappa shape index (κ3) is 11.3. The molecular weight excluding hydrogens is 657 g/mol. The van der Waals surface area contributed by atoms with E-state index in [1.54, 1.807) is 12.3 Å². The SMILES string of the molecule is CCC(C)[C@H](NC(=O)[C@H](C(C)C)[C@@H](O)[C@H](O)[C@H](CC1CCCCC1)NC(=O)CCCCC1SC[C@@H]2NC(=O)NC12)C(=O)NCc1ccccn1. The number of amides is 5. The lowest BCUT2D eigenvalue weighted by Gasteiger charge is -2.36. The molecule has 4 rings (SSSR count). The molecule has 280 valence electrons. The number of urea groups is 1. The zero-order chi connectivity index (χ0) is 36.2. The lowest BCUT2D eigenvalue weighted by Crippen LogP contribution is -2.57. The molecule has 3 fully saturated rings. The molecule has 3 aliphatic rings. The monoisotopic (exact) mass is 716 g/mol. The van der Waals surface area contributed by atoms with Crippen molar-refractivity contribution >= 4 is 35.5 Å². The van der Waals surface area contributed by atoms with E-state index in [0.717, 1.165) is 44.3 Å². The fourth-order valence-electron chi connectivity index (χ4n) is 7.66. The summed E-state index contributed by atoms with van der Waals surface area (Å²) in [5, 5.41) is 38.4. The second-order valence-electron chi connectivity index (χ2n) is 14.9. The first kappa shape index (κ1) is 39.9. The van der Waals surface area contributed by atoms with Crippen LogP contribution in [0.15, 0.2) is 24.4 Å². The van der Waals surface area contributed by atoms with Gasteiger partial charge in [-0.2, -0.15) is 11.8 Å². The second-order valence-corrected chi connectivity index (χ2v) is 16.2. The first-order valence-electron chi connectivity index (χ1n) is 18.8. The molecule has 9 atom stereocenters. The molecule has 7 N–H and O–H groups in total. The van der Waals surface area contributed by atoms with Crippen molar-refractivity contribution in [3.8, 4) is 0 Å². The van der Waals surface area contributed by atoms with Crippen LogP contribution in [0.3, 0.4) is 0 Å². The third-order valence-electron chi connectivity index (χ3n) is 10.9. The standard InChI is InChI=1S/C37H60N6O6S/c1-5-23(4)31(36(48)39-20-25-15-11-12-18-38-25)42-35(47)30(22(2)3)34(46)33(45)26(19-24-13-7-6-8-14-24)40-29(44)17-10-9-16-28-32-27(21-50-28)41-37(49)43-32/h11-12,15,18,22-24,26-28,30-34,45-46H,5-10,13-14,16-17,19-21H2,1-4H3,(H,39,48)(H,40,44)(H,42,47)(H2,41,43,49)/t23?,26-,27-,28?,30+,31-,32?,33+,34+/m0/s1.